The number of likely N-dealkylation sites (tertiary alicyclic amines) is 1. The smallest absolute Gasteiger partial charge is 0.228 e. The number of rotatable bonds is 4. The van der Waals surface area contributed by atoms with Crippen LogP contribution in [0.1, 0.15) is 51.4 Å². The van der Waals surface area contributed by atoms with Crippen molar-refractivity contribution in [3.8, 4) is 0 Å². The molecule has 26 heavy (non-hydrogen) atoms. The van der Waals surface area contributed by atoms with Gasteiger partial charge in [-0.2, -0.15) is 0 Å². The molecule has 3 nitrogen and oxygen atoms in total. The minimum absolute atomic E-state index is 0.0459. The highest BCUT2D eigenvalue weighted by Gasteiger charge is 2.55. The lowest BCUT2D eigenvalue weighted by Gasteiger charge is -2.57. The lowest BCUT2D eigenvalue weighted by Crippen LogP contribution is -2.55. The summed E-state index contributed by atoms with van der Waals surface area (Å²) >= 11 is 1.87. The summed E-state index contributed by atoms with van der Waals surface area (Å²) in [5.74, 6) is 4.97. The Labute approximate surface area is 161 Å². The molecule has 5 fully saturated rings. The van der Waals surface area contributed by atoms with Crippen LogP contribution >= 0.6 is 11.8 Å². The Kier molecular flexibility index (Phi) is 4.50. The topological polar surface area (TPSA) is 33.2 Å². The van der Waals surface area contributed by atoms with E-state index in [-0.39, 0.29) is 5.41 Å². The predicted molar refractivity (Wildman–Crippen MR) is 105 cm³/mol. The number of piperidine rings is 1. The van der Waals surface area contributed by atoms with E-state index in [1.807, 2.05) is 24.0 Å². The molecule has 4 heteroatoms. The van der Waals surface area contributed by atoms with Gasteiger partial charge in [-0.1, -0.05) is 6.07 Å². The number of nitrogens with zero attached hydrogens (tertiary/aromatic N) is 2. The fraction of sp³-hybridized carbons (Fsp3) is 0.727. The standard InChI is InChI=1S/C22H30N2OS/c25-21(22-12-17-9-18(13-22)11-19(10-17)14-22)24-7-4-16(5-8-24)15-26-20-3-1-2-6-23-20/h1-3,6,16-19H,4-5,7-15H2. The van der Waals surface area contributed by atoms with E-state index in [1.54, 1.807) is 0 Å². The summed E-state index contributed by atoms with van der Waals surface area (Å²) in [4.78, 5) is 20.1. The number of carbonyl (C=O) groups is 1. The van der Waals surface area contributed by atoms with Crippen LogP contribution in [0.5, 0.6) is 0 Å². The molecule has 1 aromatic rings. The van der Waals surface area contributed by atoms with Gasteiger partial charge >= 0.3 is 0 Å². The van der Waals surface area contributed by atoms with Gasteiger partial charge in [-0.25, -0.2) is 4.98 Å². The minimum atomic E-state index is 0.0459. The predicted octanol–water partition coefficient (Wildman–Crippen LogP) is 4.63. The second-order valence-electron chi connectivity index (χ2n) is 9.41. The van der Waals surface area contributed by atoms with Gasteiger partial charge in [0.1, 0.15) is 0 Å². The Hall–Kier alpha value is -1.03. The van der Waals surface area contributed by atoms with Gasteiger partial charge in [-0.15, -0.1) is 11.8 Å². The van der Waals surface area contributed by atoms with Gasteiger partial charge in [-0.05, 0) is 87.2 Å². The molecule has 2 heterocycles. The van der Waals surface area contributed by atoms with E-state index in [0.717, 1.165) is 60.4 Å². The summed E-state index contributed by atoms with van der Waals surface area (Å²) in [5.41, 5.74) is 0.0459. The third-order valence-electron chi connectivity index (χ3n) is 7.50. The first-order valence-corrected chi connectivity index (χ1v) is 11.5. The quantitative estimate of drug-likeness (QED) is 0.725. The van der Waals surface area contributed by atoms with Crippen LogP contribution in [0, 0.1) is 29.1 Å². The first kappa shape index (κ1) is 17.1. The van der Waals surface area contributed by atoms with Crippen molar-refractivity contribution in [3.05, 3.63) is 24.4 Å². The number of hydrogen-bond acceptors (Lipinski definition) is 3. The monoisotopic (exact) mass is 370 g/mol. The highest BCUT2D eigenvalue weighted by atomic mass is 32.2. The molecule has 0 unspecified atom stereocenters. The Balaban J connectivity index is 1.16. The van der Waals surface area contributed by atoms with Crippen LogP contribution in [0.4, 0.5) is 0 Å². The summed E-state index contributed by atoms with van der Waals surface area (Å²) in [6.45, 7) is 1.96. The number of thioether (sulfide) groups is 1. The minimum Gasteiger partial charge on any atom is -0.342 e. The molecule has 0 N–H and O–H groups in total. The van der Waals surface area contributed by atoms with E-state index in [2.05, 4.69) is 22.0 Å². The SMILES string of the molecule is O=C(N1CCC(CSc2ccccn2)CC1)C12CC3CC(CC(C3)C1)C2. The normalized spacial score (nSPS) is 36.5. The largest absolute Gasteiger partial charge is 0.342 e. The van der Waals surface area contributed by atoms with E-state index in [0.29, 0.717) is 5.91 Å². The van der Waals surface area contributed by atoms with E-state index >= 15 is 0 Å². The molecular formula is C22H30N2OS. The molecule has 0 radical (unpaired) electrons. The van der Waals surface area contributed by atoms with E-state index in [9.17, 15) is 4.79 Å². The number of aromatic nitrogens is 1. The van der Waals surface area contributed by atoms with Crippen LogP contribution in [-0.2, 0) is 4.79 Å². The Morgan fingerprint density at radius 2 is 1.73 bits per heavy atom. The van der Waals surface area contributed by atoms with Crippen LogP contribution in [0.15, 0.2) is 29.4 Å². The Morgan fingerprint density at radius 1 is 1.08 bits per heavy atom. The van der Waals surface area contributed by atoms with Gasteiger partial charge in [0.05, 0.1) is 10.4 Å². The van der Waals surface area contributed by atoms with Crippen molar-refractivity contribution in [2.45, 2.75) is 56.4 Å². The van der Waals surface area contributed by atoms with Crippen LogP contribution < -0.4 is 0 Å². The third-order valence-corrected chi connectivity index (χ3v) is 8.67. The molecule has 0 spiro atoms. The van der Waals surface area contributed by atoms with Crippen molar-refractivity contribution >= 4 is 17.7 Å². The summed E-state index contributed by atoms with van der Waals surface area (Å²) in [6, 6.07) is 6.12. The highest BCUT2D eigenvalue weighted by Crippen LogP contribution is 2.60. The molecule has 5 aliphatic rings. The number of amides is 1. The Morgan fingerprint density at radius 3 is 2.31 bits per heavy atom. The van der Waals surface area contributed by atoms with Gasteiger partial charge < -0.3 is 4.90 Å². The molecule has 1 aliphatic heterocycles. The average Bonchev–Trinajstić information content (AvgIpc) is 2.66. The van der Waals surface area contributed by atoms with Gasteiger partial charge in [0.2, 0.25) is 5.91 Å². The van der Waals surface area contributed by atoms with Crippen molar-refractivity contribution in [2.24, 2.45) is 29.1 Å². The molecule has 140 valence electrons. The molecule has 4 saturated carbocycles. The first-order chi connectivity index (χ1) is 12.7. The van der Waals surface area contributed by atoms with Crippen LogP contribution in [0.2, 0.25) is 0 Å². The van der Waals surface area contributed by atoms with Crippen LogP contribution in [-0.4, -0.2) is 34.6 Å². The Bertz CT molecular complexity index is 618. The zero-order valence-corrected chi connectivity index (χ0v) is 16.4. The molecule has 4 bridgehead atoms. The second kappa shape index (κ2) is 6.85. The van der Waals surface area contributed by atoms with Gasteiger partial charge in [-0.3, -0.25) is 4.79 Å². The van der Waals surface area contributed by atoms with Crippen molar-refractivity contribution in [3.63, 3.8) is 0 Å². The molecule has 6 rings (SSSR count). The zero-order valence-electron chi connectivity index (χ0n) is 15.6. The van der Waals surface area contributed by atoms with Gasteiger partial charge in [0, 0.05) is 25.0 Å². The highest BCUT2D eigenvalue weighted by molar-refractivity contribution is 7.99. The van der Waals surface area contributed by atoms with Crippen LogP contribution in [0.3, 0.4) is 0 Å². The van der Waals surface area contributed by atoms with Crippen molar-refractivity contribution in [2.75, 3.05) is 18.8 Å². The summed E-state index contributed by atoms with van der Waals surface area (Å²) in [7, 11) is 0. The van der Waals surface area contributed by atoms with E-state index in [1.165, 1.54) is 38.5 Å². The molecular weight excluding hydrogens is 340 g/mol. The number of hydrogen-bond donors (Lipinski definition) is 0. The van der Waals surface area contributed by atoms with E-state index in [4.69, 9.17) is 0 Å². The summed E-state index contributed by atoms with van der Waals surface area (Å²) < 4.78 is 0. The van der Waals surface area contributed by atoms with Gasteiger partial charge in [0.15, 0.2) is 0 Å². The first-order valence-electron chi connectivity index (χ1n) is 10.5. The second-order valence-corrected chi connectivity index (χ2v) is 10.5. The maximum absolute atomic E-state index is 13.4. The van der Waals surface area contributed by atoms with Crippen LogP contribution in [0.25, 0.3) is 0 Å². The van der Waals surface area contributed by atoms with Crippen molar-refractivity contribution < 1.29 is 4.79 Å². The van der Waals surface area contributed by atoms with Crippen molar-refractivity contribution in [1.29, 1.82) is 0 Å². The van der Waals surface area contributed by atoms with Crippen molar-refractivity contribution in [1.82, 2.24) is 9.88 Å². The fourth-order valence-electron chi connectivity index (χ4n) is 6.65. The average molecular weight is 371 g/mol. The molecule has 0 aromatic carbocycles. The maximum atomic E-state index is 13.4. The lowest BCUT2D eigenvalue weighted by molar-refractivity contribution is -0.159. The zero-order chi connectivity index (χ0) is 17.6. The van der Waals surface area contributed by atoms with E-state index < -0.39 is 0 Å². The molecule has 4 aliphatic carbocycles. The van der Waals surface area contributed by atoms with Gasteiger partial charge in [0.25, 0.3) is 0 Å². The molecule has 0 atom stereocenters. The molecule has 1 saturated heterocycles. The third kappa shape index (κ3) is 3.19. The lowest BCUT2D eigenvalue weighted by atomic mass is 9.49. The summed E-state index contributed by atoms with van der Waals surface area (Å²) in [5, 5.41) is 1.12. The summed E-state index contributed by atoms with van der Waals surface area (Å²) in [6.07, 6.45) is 12.1. The number of pyridine rings is 1. The molecule has 1 amide bonds. The number of carbonyl (C=O) groups excluding carboxylic acids is 1. The molecule has 1 aromatic heterocycles. The fourth-order valence-corrected chi connectivity index (χ4v) is 7.70. The maximum Gasteiger partial charge on any atom is 0.228 e.